The van der Waals surface area contributed by atoms with Crippen LogP contribution in [0.4, 0.5) is 0 Å². The molecule has 11 aromatic rings. The third-order valence-corrected chi connectivity index (χ3v) is 10.1. The fourth-order valence-electron chi connectivity index (χ4n) is 7.89. The molecule has 0 spiro atoms. The first-order chi connectivity index (χ1) is 25.8. The Hall–Kier alpha value is -7.18. The van der Waals surface area contributed by atoms with Gasteiger partial charge in [0.1, 0.15) is 5.82 Å². The minimum absolute atomic E-state index is 0.615. The number of nitrogens with zero attached hydrogens (tertiary/aromatic N) is 6. The van der Waals surface area contributed by atoms with E-state index in [1.54, 1.807) is 0 Å². The second-order valence-corrected chi connectivity index (χ2v) is 13.1. The highest BCUT2D eigenvalue weighted by atomic mass is 15.1. The smallest absolute Gasteiger partial charge is 0.166 e. The molecule has 0 radical (unpaired) electrons. The fourth-order valence-corrected chi connectivity index (χ4v) is 7.89. The third-order valence-electron chi connectivity index (χ3n) is 10.1. The Bertz CT molecular complexity index is 3050. The number of benzene rings is 7. The highest BCUT2D eigenvalue weighted by molar-refractivity contribution is 6.30. The van der Waals surface area contributed by atoms with E-state index in [-0.39, 0.29) is 0 Å². The van der Waals surface area contributed by atoms with Crippen LogP contribution in [0.5, 0.6) is 0 Å². The van der Waals surface area contributed by atoms with Crippen molar-refractivity contribution in [3.8, 4) is 51.2 Å². The lowest BCUT2D eigenvalue weighted by Gasteiger charge is -2.15. The first-order valence-corrected chi connectivity index (χ1v) is 17.4. The van der Waals surface area contributed by atoms with Gasteiger partial charge in [0, 0.05) is 38.4 Å². The van der Waals surface area contributed by atoms with Crippen LogP contribution >= 0.6 is 0 Å². The van der Waals surface area contributed by atoms with Crippen molar-refractivity contribution >= 4 is 49.1 Å². The fraction of sp³-hybridized carbons (Fsp3) is 0. The second kappa shape index (κ2) is 11.2. The Morgan fingerprint density at radius 3 is 1.65 bits per heavy atom. The van der Waals surface area contributed by atoms with Gasteiger partial charge in [-0.15, -0.1) is 0 Å². The molecule has 0 fully saturated rings. The number of imidazole rings is 1. The van der Waals surface area contributed by atoms with E-state index in [4.69, 9.17) is 19.9 Å². The maximum absolute atomic E-state index is 5.29. The van der Waals surface area contributed by atoms with Gasteiger partial charge in [0.15, 0.2) is 17.5 Å². The largest absolute Gasteiger partial charge is 0.308 e. The first kappa shape index (κ1) is 28.6. The van der Waals surface area contributed by atoms with Gasteiger partial charge in [-0.3, -0.25) is 4.40 Å². The normalized spacial score (nSPS) is 11.8. The van der Waals surface area contributed by atoms with Gasteiger partial charge in [-0.05, 0) is 41.8 Å². The van der Waals surface area contributed by atoms with Crippen molar-refractivity contribution < 1.29 is 0 Å². The molecule has 0 N–H and O–H groups in total. The lowest BCUT2D eigenvalue weighted by atomic mass is 10.1. The minimum Gasteiger partial charge on any atom is -0.308 e. The molecule has 0 bridgehead atoms. The number of hydrogen-bond donors (Lipinski definition) is 0. The molecule has 0 saturated heterocycles. The van der Waals surface area contributed by atoms with Crippen molar-refractivity contribution in [1.82, 2.24) is 28.9 Å². The van der Waals surface area contributed by atoms with Crippen molar-refractivity contribution in [2.75, 3.05) is 0 Å². The summed E-state index contributed by atoms with van der Waals surface area (Å²) in [5.74, 6) is 2.81. The molecule has 0 atom stereocenters. The predicted octanol–water partition coefficient (Wildman–Crippen LogP) is 11.0. The van der Waals surface area contributed by atoms with Gasteiger partial charge < -0.3 is 4.57 Å². The topological polar surface area (TPSA) is 60.9 Å². The van der Waals surface area contributed by atoms with Crippen LogP contribution in [0, 0.1) is 0 Å². The molecule has 6 heteroatoms. The van der Waals surface area contributed by atoms with Crippen molar-refractivity contribution in [1.29, 1.82) is 0 Å². The maximum Gasteiger partial charge on any atom is 0.166 e. The van der Waals surface area contributed by atoms with Crippen molar-refractivity contribution in [3.05, 3.63) is 170 Å². The number of hydrogen-bond acceptors (Lipinski definition) is 4. The standard InChI is InChI=1S/C46H28N6/c1-4-15-29(16-5-1)43-48-44(30-17-6-2-7-18-30)50-45(49-43)34-22-11-13-25-37(34)51-38-26-14-23-33-32-21-10-12-24-36(32)52-42-35(27-28-39(51)41(42)40(33)38)47-46(52)31-19-8-3-9-20-31/h1-28H. The van der Waals surface area contributed by atoms with E-state index < -0.39 is 0 Å². The predicted molar refractivity (Wildman–Crippen MR) is 211 cm³/mol. The van der Waals surface area contributed by atoms with Gasteiger partial charge >= 0.3 is 0 Å². The van der Waals surface area contributed by atoms with Crippen molar-refractivity contribution in [3.63, 3.8) is 0 Å². The molecule has 6 nitrogen and oxygen atoms in total. The molecule has 0 amide bonds. The molecule has 7 aromatic carbocycles. The Morgan fingerprint density at radius 1 is 0.365 bits per heavy atom. The zero-order chi connectivity index (χ0) is 34.2. The lowest BCUT2D eigenvalue weighted by molar-refractivity contribution is 1.06. The van der Waals surface area contributed by atoms with Crippen LogP contribution in [0.2, 0.25) is 0 Å². The van der Waals surface area contributed by atoms with E-state index >= 15 is 0 Å². The molecule has 11 rings (SSSR count). The summed E-state index contributed by atoms with van der Waals surface area (Å²) in [6.07, 6.45) is 0. The van der Waals surface area contributed by atoms with Crippen LogP contribution in [0.15, 0.2) is 170 Å². The minimum atomic E-state index is 0.615. The summed E-state index contributed by atoms with van der Waals surface area (Å²) in [6, 6.07) is 58.9. The molecule has 52 heavy (non-hydrogen) atoms. The molecular weight excluding hydrogens is 637 g/mol. The monoisotopic (exact) mass is 664 g/mol. The van der Waals surface area contributed by atoms with E-state index in [1.165, 1.54) is 21.5 Å². The van der Waals surface area contributed by atoms with Gasteiger partial charge in [0.05, 0.1) is 33.3 Å². The van der Waals surface area contributed by atoms with Crippen molar-refractivity contribution in [2.24, 2.45) is 0 Å². The summed E-state index contributed by atoms with van der Waals surface area (Å²) < 4.78 is 4.74. The van der Waals surface area contributed by atoms with Crippen molar-refractivity contribution in [2.45, 2.75) is 0 Å². The summed E-state index contributed by atoms with van der Waals surface area (Å²) in [7, 11) is 0. The van der Waals surface area contributed by atoms with E-state index in [0.717, 1.165) is 61.3 Å². The van der Waals surface area contributed by atoms with E-state index in [0.29, 0.717) is 17.5 Å². The molecule has 4 heterocycles. The lowest BCUT2D eigenvalue weighted by Crippen LogP contribution is -2.03. The maximum atomic E-state index is 5.29. The average Bonchev–Trinajstić information content (AvgIpc) is 3.74. The number of fused-ring (bicyclic) bond motifs is 3. The average molecular weight is 665 g/mol. The Morgan fingerprint density at radius 2 is 0.923 bits per heavy atom. The second-order valence-electron chi connectivity index (χ2n) is 13.1. The molecule has 0 aliphatic heterocycles. The van der Waals surface area contributed by atoms with Crippen LogP contribution in [0.25, 0.3) is 100 Å². The summed E-state index contributed by atoms with van der Waals surface area (Å²) >= 11 is 0. The SMILES string of the molecule is c1ccc(-c2nc(-c3ccccc3)nc(-c3ccccc3-n3c4cccc5c6ccccc6n6c(-c7ccccc7)nc7ccc3c(c54)c76)n2)cc1. The summed E-state index contributed by atoms with van der Waals surface area (Å²) in [5, 5.41) is 4.75. The van der Waals surface area contributed by atoms with E-state index in [2.05, 4.69) is 118 Å². The van der Waals surface area contributed by atoms with Crippen LogP contribution in [0.1, 0.15) is 0 Å². The molecule has 242 valence electrons. The summed E-state index contributed by atoms with van der Waals surface area (Å²) in [4.78, 5) is 20.5. The van der Waals surface area contributed by atoms with Gasteiger partial charge in [0.25, 0.3) is 0 Å². The molecular formula is C46H28N6. The van der Waals surface area contributed by atoms with Crippen LogP contribution in [-0.2, 0) is 0 Å². The molecule has 0 unspecified atom stereocenters. The zero-order valence-corrected chi connectivity index (χ0v) is 27.8. The van der Waals surface area contributed by atoms with Gasteiger partial charge in [-0.25, -0.2) is 19.9 Å². The number of para-hydroxylation sites is 2. The molecule has 0 aliphatic rings. The summed E-state index contributed by atoms with van der Waals surface area (Å²) in [5.41, 5.74) is 10.3. The van der Waals surface area contributed by atoms with Crippen LogP contribution in [-0.4, -0.2) is 28.9 Å². The zero-order valence-electron chi connectivity index (χ0n) is 27.8. The Labute approximate surface area is 298 Å². The first-order valence-electron chi connectivity index (χ1n) is 17.4. The highest BCUT2D eigenvalue weighted by Crippen LogP contribution is 2.44. The van der Waals surface area contributed by atoms with Gasteiger partial charge in [-0.1, -0.05) is 133 Å². The van der Waals surface area contributed by atoms with Crippen LogP contribution < -0.4 is 0 Å². The van der Waals surface area contributed by atoms with Gasteiger partial charge in [-0.2, -0.15) is 0 Å². The van der Waals surface area contributed by atoms with Crippen LogP contribution in [0.3, 0.4) is 0 Å². The Balaban J connectivity index is 1.26. The number of aromatic nitrogens is 6. The number of rotatable bonds is 5. The summed E-state index contributed by atoms with van der Waals surface area (Å²) in [6.45, 7) is 0. The van der Waals surface area contributed by atoms with E-state index in [9.17, 15) is 0 Å². The highest BCUT2D eigenvalue weighted by Gasteiger charge is 2.25. The Kier molecular flexibility index (Phi) is 6.15. The molecule has 4 aromatic heterocycles. The molecule has 0 saturated carbocycles. The van der Waals surface area contributed by atoms with Gasteiger partial charge in [0.2, 0.25) is 0 Å². The third kappa shape index (κ3) is 4.18. The quantitative estimate of drug-likeness (QED) is 0.184. The van der Waals surface area contributed by atoms with E-state index in [1.807, 2.05) is 60.7 Å². The molecule has 0 aliphatic carbocycles.